The van der Waals surface area contributed by atoms with Gasteiger partial charge in [0.25, 0.3) is 0 Å². The Bertz CT molecular complexity index is 1390. The van der Waals surface area contributed by atoms with Gasteiger partial charge in [0, 0.05) is 50.3 Å². The number of amides is 2. The van der Waals surface area contributed by atoms with Gasteiger partial charge in [-0.05, 0) is 80.5 Å². The molecule has 2 saturated heterocycles. The van der Waals surface area contributed by atoms with Crippen LogP contribution in [0.2, 0.25) is 0 Å². The van der Waals surface area contributed by atoms with Gasteiger partial charge in [0.1, 0.15) is 18.2 Å². The fourth-order valence-electron chi connectivity index (χ4n) is 4.72. The highest BCUT2D eigenvalue weighted by Gasteiger charge is 2.22. The fourth-order valence-corrected chi connectivity index (χ4v) is 5.23. The molecule has 2 amide bonds. The number of benzene rings is 2. The van der Waals surface area contributed by atoms with Crippen LogP contribution in [0.5, 0.6) is 5.75 Å². The number of aromatic nitrogens is 2. The number of carbonyl (C=O) groups excluding carboxylic acids is 1. The number of primary sulfonamides is 1. The molecule has 13 heteroatoms. The van der Waals surface area contributed by atoms with Crippen molar-refractivity contribution in [1.29, 1.82) is 0 Å². The van der Waals surface area contributed by atoms with Crippen LogP contribution in [0.1, 0.15) is 12.8 Å². The first kappa shape index (κ1) is 27.6. The SMILES string of the molecule is NS(=O)(=O)c1ccc(NC(=O)N2CCN(c3ccnc(Nc4ccc(OCCN5CCCC5)cc4)n3)CC2)cc1. The normalized spacial score (nSPS) is 16.1. The fraction of sp³-hybridized carbons (Fsp3) is 0.370. The third-order valence-corrected chi connectivity index (χ3v) is 7.88. The number of carbonyl (C=O) groups is 1. The highest BCUT2D eigenvalue weighted by atomic mass is 32.2. The molecular formula is C27H34N8O4S. The average molecular weight is 567 g/mol. The highest BCUT2D eigenvalue weighted by Crippen LogP contribution is 2.21. The second kappa shape index (κ2) is 12.5. The number of ether oxygens (including phenoxy) is 1. The number of sulfonamides is 1. The predicted molar refractivity (Wildman–Crippen MR) is 154 cm³/mol. The summed E-state index contributed by atoms with van der Waals surface area (Å²) in [6.07, 6.45) is 4.27. The maximum Gasteiger partial charge on any atom is 0.321 e. The molecular weight excluding hydrogens is 532 g/mol. The molecule has 4 N–H and O–H groups in total. The summed E-state index contributed by atoms with van der Waals surface area (Å²) in [5, 5.41) is 11.2. The van der Waals surface area contributed by atoms with E-state index in [9.17, 15) is 13.2 Å². The van der Waals surface area contributed by atoms with Gasteiger partial charge in [0.2, 0.25) is 16.0 Å². The lowest BCUT2D eigenvalue weighted by atomic mass is 10.3. The van der Waals surface area contributed by atoms with Crippen molar-refractivity contribution in [3.63, 3.8) is 0 Å². The van der Waals surface area contributed by atoms with Crippen molar-refractivity contribution in [1.82, 2.24) is 19.8 Å². The summed E-state index contributed by atoms with van der Waals surface area (Å²) in [5.74, 6) is 2.10. The van der Waals surface area contributed by atoms with Crippen LogP contribution in [0.4, 0.5) is 27.9 Å². The molecule has 0 radical (unpaired) electrons. The minimum absolute atomic E-state index is 0.00728. The number of nitrogens with two attached hydrogens (primary N) is 1. The second-order valence-electron chi connectivity index (χ2n) is 9.76. The van der Waals surface area contributed by atoms with E-state index in [2.05, 4.69) is 30.4 Å². The Balaban J connectivity index is 1.09. The van der Waals surface area contributed by atoms with Crippen LogP contribution in [0, 0.1) is 0 Å². The molecule has 0 aliphatic carbocycles. The van der Waals surface area contributed by atoms with Gasteiger partial charge in [-0.1, -0.05) is 0 Å². The van der Waals surface area contributed by atoms with Gasteiger partial charge in [-0.25, -0.2) is 23.3 Å². The average Bonchev–Trinajstić information content (AvgIpc) is 3.48. The predicted octanol–water partition coefficient (Wildman–Crippen LogP) is 2.70. The number of likely N-dealkylation sites (tertiary alicyclic amines) is 1. The van der Waals surface area contributed by atoms with E-state index in [1.807, 2.05) is 30.3 Å². The standard InChI is InChI=1S/C27H34N8O4S/c28-40(37,38)24-9-5-22(6-10-24)31-27(36)35-17-15-34(16-18-35)25-11-12-29-26(32-25)30-21-3-7-23(8-4-21)39-20-19-33-13-1-2-14-33/h3-12H,1-2,13-20H2,(H,31,36)(H2,28,37,38)(H,29,30,32). The number of urea groups is 1. The molecule has 2 aliphatic heterocycles. The summed E-state index contributed by atoms with van der Waals surface area (Å²) in [6, 6.07) is 15.1. The number of nitrogens with zero attached hydrogens (tertiary/aromatic N) is 5. The van der Waals surface area contributed by atoms with Crippen molar-refractivity contribution in [2.45, 2.75) is 17.7 Å². The first-order valence-electron chi connectivity index (χ1n) is 13.3. The zero-order valence-electron chi connectivity index (χ0n) is 22.2. The van der Waals surface area contributed by atoms with E-state index in [0.29, 0.717) is 44.4 Å². The van der Waals surface area contributed by atoms with Gasteiger partial charge in [-0.2, -0.15) is 4.98 Å². The van der Waals surface area contributed by atoms with Gasteiger partial charge in [0.15, 0.2) is 0 Å². The first-order valence-corrected chi connectivity index (χ1v) is 14.9. The molecule has 212 valence electrons. The monoisotopic (exact) mass is 566 g/mol. The van der Waals surface area contributed by atoms with Crippen molar-refractivity contribution in [3.8, 4) is 5.75 Å². The molecule has 2 aliphatic rings. The van der Waals surface area contributed by atoms with E-state index in [1.54, 1.807) is 11.1 Å². The summed E-state index contributed by atoms with van der Waals surface area (Å²) in [4.78, 5) is 27.9. The molecule has 0 bridgehead atoms. The van der Waals surface area contributed by atoms with E-state index in [0.717, 1.165) is 23.8 Å². The van der Waals surface area contributed by atoms with Crippen LogP contribution in [0.15, 0.2) is 65.7 Å². The van der Waals surface area contributed by atoms with Gasteiger partial charge in [-0.15, -0.1) is 0 Å². The lowest BCUT2D eigenvalue weighted by Crippen LogP contribution is -2.50. The maximum absolute atomic E-state index is 12.7. The van der Waals surface area contributed by atoms with Crippen LogP contribution in [-0.2, 0) is 10.0 Å². The lowest BCUT2D eigenvalue weighted by molar-refractivity contribution is 0.208. The molecule has 5 rings (SSSR count). The van der Waals surface area contributed by atoms with E-state index in [4.69, 9.17) is 9.88 Å². The Morgan fingerprint density at radius 3 is 2.25 bits per heavy atom. The van der Waals surface area contributed by atoms with Gasteiger partial charge in [0.05, 0.1) is 4.90 Å². The minimum Gasteiger partial charge on any atom is -0.492 e. The third-order valence-electron chi connectivity index (χ3n) is 6.95. The Morgan fingerprint density at radius 2 is 1.57 bits per heavy atom. The second-order valence-corrected chi connectivity index (χ2v) is 11.3. The molecule has 0 unspecified atom stereocenters. The molecule has 12 nitrogen and oxygen atoms in total. The summed E-state index contributed by atoms with van der Waals surface area (Å²) in [7, 11) is -3.78. The molecule has 1 aromatic heterocycles. The first-order chi connectivity index (χ1) is 19.3. The number of piperazine rings is 1. The van der Waals surface area contributed by atoms with Gasteiger partial charge >= 0.3 is 6.03 Å². The third kappa shape index (κ3) is 7.37. The summed E-state index contributed by atoms with van der Waals surface area (Å²) in [5.41, 5.74) is 1.36. The maximum atomic E-state index is 12.7. The zero-order valence-corrected chi connectivity index (χ0v) is 23.0. The van der Waals surface area contributed by atoms with Crippen LogP contribution in [0.25, 0.3) is 0 Å². The zero-order chi connectivity index (χ0) is 28.0. The van der Waals surface area contributed by atoms with E-state index in [1.165, 1.54) is 50.2 Å². The van der Waals surface area contributed by atoms with Crippen LogP contribution < -0.4 is 25.4 Å². The Morgan fingerprint density at radius 1 is 0.900 bits per heavy atom. The van der Waals surface area contributed by atoms with E-state index in [-0.39, 0.29) is 10.9 Å². The quantitative estimate of drug-likeness (QED) is 0.356. The molecule has 0 atom stereocenters. The highest BCUT2D eigenvalue weighted by molar-refractivity contribution is 7.89. The number of nitrogens with one attached hydrogen (secondary N) is 2. The minimum atomic E-state index is -3.78. The Hall–Kier alpha value is -3.94. The molecule has 2 aromatic carbocycles. The molecule has 0 saturated carbocycles. The summed E-state index contributed by atoms with van der Waals surface area (Å²) in [6.45, 7) is 6.20. The largest absolute Gasteiger partial charge is 0.492 e. The molecule has 40 heavy (non-hydrogen) atoms. The topological polar surface area (TPSA) is 146 Å². The molecule has 3 aromatic rings. The van der Waals surface area contributed by atoms with Crippen molar-refractivity contribution in [2.75, 3.05) is 68.0 Å². The van der Waals surface area contributed by atoms with Crippen LogP contribution >= 0.6 is 0 Å². The van der Waals surface area contributed by atoms with Gasteiger partial charge < -0.3 is 25.2 Å². The Labute approximate surface area is 234 Å². The van der Waals surface area contributed by atoms with Crippen LogP contribution in [0.3, 0.4) is 0 Å². The summed E-state index contributed by atoms with van der Waals surface area (Å²) >= 11 is 0. The summed E-state index contributed by atoms with van der Waals surface area (Å²) < 4.78 is 28.7. The van der Waals surface area contributed by atoms with Crippen molar-refractivity contribution >= 4 is 39.2 Å². The number of hydrogen-bond acceptors (Lipinski definition) is 9. The number of rotatable bonds is 9. The number of anilines is 4. The molecule has 3 heterocycles. The van der Waals surface area contributed by atoms with Gasteiger partial charge in [-0.3, -0.25) is 4.90 Å². The number of hydrogen-bond donors (Lipinski definition) is 3. The smallest absolute Gasteiger partial charge is 0.321 e. The Kier molecular flexibility index (Phi) is 8.63. The van der Waals surface area contributed by atoms with Crippen LogP contribution in [-0.4, -0.2) is 86.6 Å². The van der Waals surface area contributed by atoms with Crippen molar-refractivity contribution in [2.24, 2.45) is 5.14 Å². The molecule has 2 fully saturated rings. The van der Waals surface area contributed by atoms with E-state index < -0.39 is 10.0 Å². The van der Waals surface area contributed by atoms with Crippen molar-refractivity contribution in [3.05, 3.63) is 60.8 Å². The molecule has 0 spiro atoms. The van der Waals surface area contributed by atoms with E-state index >= 15 is 0 Å². The lowest BCUT2D eigenvalue weighted by Gasteiger charge is -2.35. The van der Waals surface area contributed by atoms with Crippen molar-refractivity contribution < 1.29 is 17.9 Å².